The van der Waals surface area contributed by atoms with E-state index in [1.165, 1.54) is 0 Å². The van der Waals surface area contributed by atoms with Gasteiger partial charge < -0.3 is 10.2 Å². The summed E-state index contributed by atoms with van der Waals surface area (Å²) in [6, 6.07) is -0.725. The van der Waals surface area contributed by atoms with E-state index in [4.69, 9.17) is 0 Å². The zero-order valence-electron chi connectivity index (χ0n) is 11.0. The average Bonchev–Trinajstić information content (AvgIpc) is 3.13. The molecule has 19 heavy (non-hydrogen) atoms. The van der Waals surface area contributed by atoms with Gasteiger partial charge in [-0.1, -0.05) is 0 Å². The van der Waals surface area contributed by atoms with Crippen molar-refractivity contribution in [3.8, 4) is 0 Å². The topological polar surface area (TPSA) is 62.3 Å². The van der Waals surface area contributed by atoms with Crippen LogP contribution in [0.15, 0.2) is 6.20 Å². The molecule has 5 nitrogen and oxygen atoms in total. The third kappa shape index (κ3) is 2.36. The molecule has 0 spiro atoms. The minimum atomic E-state index is -0.410. The molecular weight excluding hydrogens is 262 g/mol. The molecule has 102 valence electrons. The summed E-state index contributed by atoms with van der Waals surface area (Å²) in [4.78, 5) is 31.5. The number of rotatable bonds is 3. The Morgan fingerprint density at radius 3 is 2.79 bits per heavy atom. The van der Waals surface area contributed by atoms with Crippen LogP contribution in [-0.2, 0) is 16.1 Å². The molecular formula is C13H17N3O2S. The number of carbonyl (C=O) groups excluding carboxylic acids is 2. The van der Waals surface area contributed by atoms with E-state index in [-0.39, 0.29) is 17.9 Å². The second-order valence-corrected chi connectivity index (χ2v) is 6.65. The van der Waals surface area contributed by atoms with E-state index in [0.717, 1.165) is 22.7 Å². The van der Waals surface area contributed by atoms with Gasteiger partial charge in [0.2, 0.25) is 11.8 Å². The van der Waals surface area contributed by atoms with Gasteiger partial charge in [-0.15, -0.1) is 11.3 Å². The van der Waals surface area contributed by atoms with Gasteiger partial charge in [0.05, 0.1) is 6.54 Å². The number of piperazine rings is 1. The maximum atomic E-state index is 12.5. The summed E-state index contributed by atoms with van der Waals surface area (Å²) in [5.41, 5.74) is 0. The standard InChI is InChI=1S/C13H17N3O2S/c1-7-5-14-10(19-7)6-16-8(2)12(17)15-11(13(16)18)9-3-4-9/h5,8-9,11H,3-4,6H2,1-2H3,(H,15,17). The summed E-state index contributed by atoms with van der Waals surface area (Å²) in [5, 5.41) is 3.74. The Hall–Kier alpha value is -1.43. The molecule has 2 fully saturated rings. The SMILES string of the molecule is Cc1cnc(CN2C(=O)C(C3CC3)NC(=O)C2C)s1. The van der Waals surface area contributed by atoms with Crippen molar-refractivity contribution in [2.24, 2.45) is 5.92 Å². The van der Waals surface area contributed by atoms with Crippen LogP contribution in [0.3, 0.4) is 0 Å². The lowest BCUT2D eigenvalue weighted by molar-refractivity contribution is -0.149. The minimum absolute atomic E-state index is 0.0439. The Labute approximate surface area is 116 Å². The Morgan fingerprint density at radius 1 is 1.47 bits per heavy atom. The van der Waals surface area contributed by atoms with Crippen LogP contribution in [0, 0.1) is 12.8 Å². The number of hydrogen-bond acceptors (Lipinski definition) is 4. The van der Waals surface area contributed by atoms with E-state index in [9.17, 15) is 9.59 Å². The van der Waals surface area contributed by atoms with Crippen molar-refractivity contribution in [2.45, 2.75) is 45.3 Å². The van der Waals surface area contributed by atoms with Gasteiger partial charge in [-0.3, -0.25) is 9.59 Å². The number of nitrogens with one attached hydrogen (secondary N) is 1. The van der Waals surface area contributed by atoms with E-state index in [2.05, 4.69) is 10.3 Å². The van der Waals surface area contributed by atoms with Crippen LogP contribution in [0.2, 0.25) is 0 Å². The van der Waals surface area contributed by atoms with Gasteiger partial charge in [0.25, 0.3) is 0 Å². The number of nitrogens with zero attached hydrogens (tertiary/aromatic N) is 2. The van der Waals surface area contributed by atoms with Crippen molar-refractivity contribution in [3.63, 3.8) is 0 Å². The first-order valence-electron chi connectivity index (χ1n) is 6.58. The third-order valence-electron chi connectivity index (χ3n) is 3.76. The lowest BCUT2D eigenvalue weighted by Crippen LogP contribution is -2.62. The van der Waals surface area contributed by atoms with Gasteiger partial charge in [0.1, 0.15) is 17.1 Å². The third-order valence-corrected chi connectivity index (χ3v) is 4.66. The van der Waals surface area contributed by atoms with Crippen LogP contribution in [-0.4, -0.2) is 33.8 Å². The van der Waals surface area contributed by atoms with E-state index < -0.39 is 6.04 Å². The molecule has 1 N–H and O–H groups in total. The molecule has 3 rings (SSSR count). The van der Waals surface area contributed by atoms with E-state index >= 15 is 0 Å². The number of aromatic nitrogens is 1. The second-order valence-electron chi connectivity index (χ2n) is 5.33. The molecule has 6 heteroatoms. The average molecular weight is 279 g/mol. The molecule has 2 aliphatic rings. The molecule has 1 saturated carbocycles. The molecule has 0 radical (unpaired) electrons. The molecule has 1 aromatic rings. The molecule has 2 atom stereocenters. The normalized spacial score (nSPS) is 27.6. The van der Waals surface area contributed by atoms with E-state index in [1.807, 2.05) is 6.92 Å². The van der Waals surface area contributed by atoms with Crippen LogP contribution >= 0.6 is 11.3 Å². The number of hydrogen-bond donors (Lipinski definition) is 1. The monoisotopic (exact) mass is 279 g/mol. The highest BCUT2D eigenvalue weighted by Gasteiger charge is 2.45. The highest BCUT2D eigenvalue weighted by atomic mass is 32.1. The van der Waals surface area contributed by atoms with Gasteiger partial charge in [-0.05, 0) is 32.6 Å². The molecule has 2 unspecified atom stereocenters. The quantitative estimate of drug-likeness (QED) is 0.900. The zero-order valence-corrected chi connectivity index (χ0v) is 11.9. The highest BCUT2D eigenvalue weighted by Crippen LogP contribution is 2.35. The maximum Gasteiger partial charge on any atom is 0.246 e. The Morgan fingerprint density at radius 2 is 2.21 bits per heavy atom. The van der Waals surface area contributed by atoms with Crippen molar-refractivity contribution in [1.82, 2.24) is 15.2 Å². The zero-order chi connectivity index (χ0) is 13.6. The Bertz CT molecular complexity index is 524. The van der Waals surface area contributed by atoms with Crippen LogP contribution in [0.5, 0.6) is 0 Å². The molecule has 2 amide bonds. The summed E-state index contributed by atoms with van der Waals surface area (Å²) < 4.78 is 0. The molecule has 1 saturated heterocycles. The van der Waals surface area contributed by atoms with Crippen LogP contribution < -0.4 is 5.32 Å². The molecule has 1 aromatic heterocycles. The van der Waals surface area contributed by atoms with Crippen molar-refractivity contribution >= 4 is 23.2 Å². The second kappa shape index (κ2) is 4.59. The Balaban J connectivity index is 1.80. The van der Waals surface area contributed by atoms with Gasteiger partial charge in [-0.2, -0.15) is 0 Å². The largest absolute Gasteiger partial charge is 0.342 e. The van der Waals surface area contributed by atoms with Crippen LogP contribution in [0.1, 0.15) is 29.7 Å². The van der Waals surface area contributed by atoms with Crippen molar-refractivity contribution in [2.75, 3.05) is 0 Å². The fraction of sp³-hybridized carbons (Fsp3) is 0.615. The minimum Gasteiger partial charge on any atom is -0.342 e. The maximum absolute atomic E-state index is 12.5. The summed E-state index contributed by atoms with van der Waals surface area (Å²) in [5.74, 6) is 0.330. The van der Waals surface area contributed by atoms with Crippen molar-refractivity contribution in [3.05, 3.63) is 16.1 Å². The fourth-order valence-electron chi connectivity index (χ4n) is 2.43. The molecule has 0 aromatic carbocycles. The van der Waals surface area contributed by atoms with E-state index in [1.54, 1.807) is 29.4 Å². The Kier molecular flexibility index (Phi) is 3.05. The molecule has 1 aliphatic heterocycles. The van der Waals surface area contributed by atoms with Gasteiger partial charge in [0.15, 0.2) is 0 Å². The first-order chi connectivity index (χ1) is 9.06. The first-order valence-corrected chi connectivity index (χ1v) is 7.40. The van der Waals surface area contributed by atoms with Crippen LogP contribution in [0.4, 0.5) is 0 Å². The summed E-state index contributed by atoms with van der Waals surface area (Å²) in [7, 11) is 0. The summed E-state index contributed by atoms with van der Waals surface area (Å²) in [6.07, 6.45) is 3.88. The van der Waals surface area contributed by atoms with E-state index in [0.29, 0.717) is 12.5 Å². The highest BCUT2D eigenvalue weighted by molar-refractivity contribution is 7.11. The lowest BCUT2D eigenvalue weighted by Gasteiger charge is -2.37. The number of aryl methyl sites for hydroxylation is 1. The lowest BCUT2D eigenvalue weighted by atomic mass is 10.0. The fourth-order valence-corrected chi connectivity index (χ4v) is 3.22. The first kappa shape index (κ1) is 12.6. The predicted molar refractivity (Wildman–Crippen MR) is 71.5 cm³/mol. The summed E-state index contributed by atoms with van der Waals surface area (Å²) >= 11 is 1.58. The van der Waals surface area contributed by atoms with Gasteiger partial charge in [-0.25, -0.2) is 4.98 Å². The van der Waals surface area contributed by atoms with Gasteiger partial charge in [0, 0.05) is 11.1 Å². The summed E-state index contributed by atoms with van der Waals surface area (Å²) in [6.45, 7) is 4.20. The molecule has 0 bridgehead atoms. The van der Waals surface area contributed by atoms with Crippen molar-refractivity contribution < 1.29 is 9.59 Å². The van der Waals surface area contributed by atoms with Crippen LogP contribution in [0.25, 0.3) is 0 Å². The molecule has 2 heterocycles. The van der Waals surface area contributed by atoms with Gasteiger partial charge >= 0.3 is 0 Å². The van der Waals surface area contributed by atoms with Crippen molar-refractivity contribution in [1.29, 1.82) is 0 Å². The number of thiazole rings is 1. The molecule has 1 aliphatic carbocycles. The smallest absolute Gasteiger partial charge is 0.246 e. The number of amides is 2. The predicted octanol–water partition coefficient (Wildman–Crippen LogP) is 1.08. The number of carbonyl (C=O) groups is 2.